The summed E-state index contributed by atoms with van der Waals surface area (Å²) in [6.45, 7) is 15.0. The Morgan fingerprint density at radius 2 is 2.00 bits per heavy atom. The van der Waals surface area contributed by atoms with Crippen molar-refractivity contribution in [3.63, 3.8) is 0 Å². The van der Waals surface area contributed by atoms with Crippen LogP contribution in [-0.4, -0.2) is 87.0 Å². The van der Waals surface area contributed by atoms with E-state index in [4.69, 9.17) is 14.5 Å². The monoisotopic (exact) mass is 340 g/mol. The van der Waals surface area contributed by atoms with Crippen LogP contribution in [0.2, 0.25) is 0 Å². The Kier molecular flexibility index (Phi) is 8.84. The minimum absolute atomic E-state index is 0.178. The third kappa shape index (κ3) is 5.90. The van der Waals surface area contributed by atoms with Gasteiger partial charge in [0.2, 0.25) is 0 Å². The summed E-state index contributed by atoms with van der Waals surface area (Å²) in [6, 6.07) is 0. The number of rotatable bonds is 8. The molecule has 6 heteroatoms. The average Bonchev–Trinajstić information content (AvgIpc) is 3.15. The van der Waals surface area contributed by atoms with E-state index < -0.39 is 0 Å². The number of hydrogen-bond donors (Lipinski definition) is 1. The van der Waals surface area contributed by atoms with Gasteiger partial charge in [0.15, 0.2) is 5.96 Å². The van der Waals surface area contributed by atoms with Crippen molar-refractivity contribution in [1.82, 2.24) is 15.1 Å². The molecule has 0 saturated carbocycles. The molecule has 0 spiro atoms. The molecule has 2 heterocycles. The lowest BCUT2D eigenvalue weighted by atomic mass is 10.1. The van der Waals surface area contributed by atoms with Crippen LogP contribution >= 0.6 is 0 Å². The Morgan fingerprint density at radius 3 is 2.67 bits per heavy atom. The third-order valence-corrected chi connectivity index (χ3v) is 4.77. The summed E-state index contributed by atoms with van der Waals surface area (Å²) in [5, 5.41) is 3.45. The van der Waals surface area contributed by atoms with Crippen LogP contribution in [0.25, 0.3) is 0 Å². The fourth-order valence-electron chi connectivity index (χ4n) is 3.46. The number of hydrogen-bond acceptors (Lipinski definition) is 4. The molecule has 0 aliphatic carbocycles. The Bertz CT molecular complexity index is 372. The zero-order valence-electron chi connectivity index (χ0n) is 15.8. The van der Waals surface area contributed by atoms with Crippen LogP contribution < -0.4 is 5.32 Å². The molecule has 0 bridgehead atoms. The molecule has 6 nitrogen and oxygen atoms in total. The van der Waals surface area contributed by atoms with Gasteiger partial charge in [-0.1, -0.05) is 13.8 Å². The van der Waals surface area contributed by atoms with Gasteiger partial charge in [0.05, 0.1) is 19.3 Å². The normalized spacial score (nSPS) is 25.5. The first kappa shape index (κ1) is 19.5. The molecule has 2 fully saturated rings. The number of guanidine groups is 1. The van der Waals surface area contributed by atoms with E-state index in [0.29, 0.717) is 0 Å². The fraction of sp³-hybridized carbons (Fsp3) is 0.944. The van der Waals surface area contributed by atoms with Crippen molar-refractivity contribution in [2.75, 3.05) is 59.0 Å². The lowest BCUT2D eigenvalue weighted by Crippen LogP contribution is -2.53. The predicted octanol–water partition coefficient (Wildman–Crippen LogP) is 1.56. The predicted molar refractivity (Wildman–Crippen MR) is 98.7 cm³/mol. The van der Waals surface area contributed by atoms with Gasteiger partial charge in [0, 0.05) is 32.8 Å². The summed E-state index contributed by atoms with van der Waals surface area (Å²) in [5.41, 5.74) is 0. The van der Waals surface area contributed by atoms with E-state index in [2.05, 4.69) is 35.9 Å². The van der Waals surface area contributed by atoms with Crippen molar-refractivity contribution >= 4 is 5.96 Å². The maximum absolute atomic E-state index is 5.95. The van der Waals surface area contributed by atoms with Crippen LogP contribution in [0.3, 0.4) is 0 Å². The second kappa shape index (κ2) is 10.9. The summed E-state index contributed by atoms with van der Waals surface area (Å²) in [5.74, 6) is 1.02. The lowest BCUT2D eigenvalue weighted by molar-refractivity contribution is -0.0817. The van der Waals surface area contributed by atoms with Gasteiger partial charge >= 0.3 is 0 Å². The molecule has 0 radical (unpaired) electrons. The van der Waals surface area contributed by atoms with Gasteiger partial charge in [-0.3, -0.25) is 4.99 Å². The lowest BCUT2D eigenvalue weighted by Gasteiger charge is -2.37. The number of likely N-dealkylation sites (N-methyl/N-ethyl adjacent to an activating group) is 1. The summed E-state index contributed by atoms with van der Waals surface area (Å²) in [4.78, 5) is 9.66. The summed E-state index contributed by atoms with van der Waals surface area (Å²) in [7, 11) is 0. The van der Waals surface area contributed by atoms with Gasteiger partial charge in [0.1, 0.15) is 6.10 Å². The van der Waals surface area contributed by atoms with E-state index in [-0.39, 0.29) is 12.2 Å². The Hall–Kier alpha value is -0.850. The quantitative estimate of drug-likeness (QED) is 0.537. The molecule has 2 saturated heterocycles. The van der Waals surface area contributed by atoms with E-state index in [1.807, 2.05) is 0 Å². The summed E-state index contributed by atoms with van der Waals surface area (Å²) >= 11 is 0. The maximum atomic E-state index is 5.95. The number of morpholine rings is 1. The van der Waals surface area contributed by atoms with Crippen LogP contribution in [0.15, 0.2) is 4.99 Å². The molecule has 140 valence electrons. The number of ether oxygens (including phenoxy) is 2. The molecule has 0 aromatic heterocycles. The van der Waals surface area contributed by atoms with E-state index in [1.54, 1.807) is 0 Å². The molecule has 2 aliphatic rings. The molecule has 24 heavy (non-hydrogen) atoms. The van der Waals surface area contributed by atoms with Crippen molar-refractivity contribution in [3.8, 4) is 0 Å². The summed E-state index contributed by atoms with van der Waals surface area (Å²) < 4.78 is 11.8. The smallest absolute Gasteiger partial charge is 0.194 e. The molecule has 0 aromatic rings. The molecular formula is C18H36N4O2. The SMILES string of the molecule is CCCN(CC)CCN=C(NCC)N1CCOC(C2CCCO2)C1. The fourth-order valence-corrected chi connectivity index (χ4v) is 3.46. The second-order valence-electron chi connectivity index (χ2n) is 6.58. The van der Waals surface area contributed by atoms with Crippen LogP contribution in [0.5, 0.6) is 0 Å². The van der Waals surface area contributed by atoms with E-state index in [9.17, 15) is 0 Å². The highest BCUT2D eigenvalue weighted by Crippen LogP contribution is 2.21. The zero-order chi connectivity index (χ0) is 17.2. The molecule has 1 N–H and O–H groups in total. The van der Waals surface area contributed by atoms with Gasteiger partial charge in [-0.05, 0) is 39.3 Å². The van der Waals surface area contributed by atoms with Crippen molar-refractivity contribution in [1.29, 1.82) is 0 Å². The zero-order valence-corrected chi connectivity index (χ0v) is 15.8. The Morgan fingerprint density at radius 1 is 1.17 bits per heavy atom. The van der Waals surface area contributed by atoms with Gasteiger partial charge in [-0.2, -0.15) is 0 Å². The molecule has 0 aromatic carbocycles. The molecule has 0 amide bonds. The molecular weight excluding hydrogens is 304 g/mol. The van der Waals surface area contributed by atoms with Gasteiger partial charge in [-0.15, -0.1) is 0 Å². The molecule has 2 atom stereocenters. The van der Waals surface area contributed by atoms with Gasteiger partial charge in [0.25, 0.3) is 0 Å². The Balaban J connectivity index is 1.88. The van der Waals surface area contributed by atoms with Crippen molar-refractivity contribution in [3.05, 3.63) is 0 Å². The first-order valence-corrected chi connectivity index (χ1v) is 9.77. The van der Waals surface area contributed by atoms with Gasteiger partial charge in [-0.25, -0.2) is 0 Å². The largest absolute Gasteiger partial charge is 0.375 e. The first-order valence-electron chi connectivity index (χ1n) is 9.77. The highest BCUT2D eigenvalue weighted by atomic mass is 16.5. The van der Waals surface area contributed by atoms with E-state index in [0.717, 1.165) is 77.8 Å². The topological polar surface area (TPSA) is 49.3 Å². The first-order chi connectivity index (χ1) is 11.8. The van der Waals surface area contributed by atoms with Crippen molar-refractivity contribution in [2.45, 2.75) is 52.2 Å². The summed E-state index contributed by atoms with van der Waals surface area (Å²) in [6.07, 6.45) is 3.91. The van der Waals surface area contributed by atoms with Crippen LogP contribution in [0.1, 0.15) is 40.0 Å². The van der Waals surface area contributed by atoms with Crippen molar-refractivity contribution < 1.29 is 9.47 Å². The maximum Gasteiger partial charge on any atom is 0.194 e. The van der Waals surface area contributed by atoms with Crippen LogP contribution in [0, 0.1) is 0 Å². The minimum atomic E-state index is 0.178. The van der Waals surface area contributed by atoms with Gasteiger partial charge < -0.3 is 24.6 Å². The highest BCUT2D eigenvalue weighted by Gasteiger charge is 2.32. The average molecular weight is 341 g/mol. The number of aliphatic imine (C=N–C) groups is 1. The Labute approximate surface area is 147 Å². The molecule has 2 rings (SSSR count). The second-order valence-corrected chi connectivity index (χ2v) is 6.58. The number of nitrogens with one attached hydrogen (secondary N) is 1. The standard InChI is InChI=1S/C18H36N4O2/c1-4-10-21(6-3)11-9-20-18(19-5-2)22-12-14-24-17(15-22)16-8-7-13-23-16/h16-17H,4-15H2,1-3H3,(H,19,20). The van der Waals surface area contributed by atoms with Crippen molar-refractivity contribution in [2.24, 2.45) is 4.99 Å². The molecule has 2 unspecified atom stereocenters. The molecule has 2 aliphatic heterocycles. The number of nitrogens with zero attached hydrogens (tertiary/aromatic N) is 3. The van der Waals surface area contributed by atoms with Crippen LogP contribution in [-0.2, 0) is 9.47 Å². The minimum Gasteiger partial charge on any atom is -0.375 e. The highest BCUT2D eigenvalue weighted by molar-refractivity contribution is 5.80. The van der Waals surface area contributed by atoms with Crippen LogP contribution in [0.4, 0.5) is 0 Å². The van der Waals surface area contributed by atoms with E-state index >= 15 is 0 Å². The van der Waals surface area contributed by atoms with E-state index in [1.165, 1.54) is 6.42 Å². The third-order valence-electron chi connectivity index (χ3n) is 4.77.